The summed E-state index contributed by atoms with van der Waals surface area (Å²) < 4.78 is 11.2. The molecule has 2 N–H and O–H groups in total. The van der Waals surface area contributed by atoms with Gasteiger partial charge in [0.05, 0.1) is 7.11 Å². The number of fused-ring (bicyclic) bond motifs is 1. The van der Waals surface area contributed by atoms with E-state index in [9.17, 15) is 0 Å². The Hall–Kier alpha value is -2.07. The van der Waals surface area contributed by atoms with Crippen molar-refractivity contribution in [2.45, 2.75) is 25.8 Å². The van der Waals surface area contributed by atoms with Gasteiger partial charge in [0.1, 0.15) is 0 Å². The molecule has 4 nitrogen and oxygen atoms in total. The minimum absolute atomic E-state index is 0.480. The Morgan fingerprint density at radius 2 is 2.05 bits per heavy atom. The van der Waals surface area contributed by atoms with E-state index in [4.69, 9.17) is 15.2 Å². The SMILES string of the molecule is COc1cc(CN)ccc1Oc1ccc2c(n1)CCC2. The van der Waals surface area contributed by atoms with Gasteiger partial charge in [-0.3, -0.25) is 0 Å². The zero-order valence-corrected chi connectivity index (χ0v) is 11.6. The van der Waals surface area contributed by atoms with Crippen molar-refractivity contribution in [1.29, 1.82) is 0 Å². The minimum Gasteiger partial charge on any atom is -0.493 e. The van der Waals surface area contributed by atoms with E-state index >= 15 is 0 Å². The summed E-state index contributed by atoms with van der Waals surface area (Å²) in [4.78, 5) is 4.56. The number of pyridine rings is 1. The van der Waals surface area contributed by atoms with E-state index in [2.05, 4.69) is 11.1 Å². The Balaban J connectivity index is 1.87. The van der Waals surface area contributed by atoms with E-state index < -0.39 is 0 Å². The normalized spacial score (nSPS) is 13.1. The average molecular weight is 270 g/mol. The second kappa shape index (κ2) is 5.51. The summed E-state index contributed by atoms with van der Waals surface area (Å²) in [6.45, 7) is 0.480. The van der Waals surface area contributed by atoms with Gasteiger partial charge in [-0.1, -0.05) is 12.1 Å². The number of nitrogens with zero attached hydrogens (tertiary/aromatic N) is 1. The fourth-order valence-electron chi connectivity index (χ4n) is 2.49. The third-order valence-electron chi connectivity index (χ3n) is 3.58. The lowest BCUT2D eigenvalue weighted by molar-refractivity contribution is 0.373. The molecule has 0 aliphatic heterocycles. The highest BCUT2D eigenvalue weighted by Gasteiger charge is 2.14. The zero-order valence-electron chi connectivity index (χ0n) is 11.6. The first-order valence-electron chi connectivity index (χ1n) is 6.84. The van der Waals surface area contributed by atoms with Gasteiger partial charge < -0.3 is 15.2 Å². The molecule has 1 aliphatic rings. The van der Waals surface area contributed by atoms with Crippen LogP contribution in [0.3, 0.4) is 0 Å². The van der Waals surface area contributed by atoms with Gasteiger partial charge in [-0.15, -0.1) is 0 Å². The first kappa shape index (κ1) is 12.9. The second-order valence-corrected chi connectivity index (χ2v) is 4.90. The molecule has 104 valence electrons. The van der Waals surface area contributed by atoms with E-state index in [0.717, 1.165) is 24.1 Å². The molecule has 4 heteroatoms. The maximum atomic E-state index is 5.85. The van der Waals surface area contributed by atoms with Crippen LogP contribution in [-0.4, -0.2) is 12.1 Å². The lowest BCUT2D eigenvalue weighted by atomic mass is 10.2. The Labute approximate surface area is 118 Å². The Kier molecular flexibility index (Phi) is 3.56. The van der Waals surface area contributed by atoms with Gasteiger partial charge in [0.2, 0.25) is 5.88 Å². The van der Waals surface area contributed by atoms with Gasteiger partial charge in [-0.05, 0) is 42.5 Å². The van der Waals surface area contributed by atoms with Crippen LogP contribution < -0.4 is 15.2 Å². The Morgan fingerprint density at radius 3 is 2.85 bits per heavy atom. The number of hydrogen-bond donors (Lipinski definition) is 1. The highest BCUT2D eigenvalue weighted by Crippen LogP contribution is 2.32. The molecule has 1 aromatic carbocycles. The van der Waals surface area contributed by atoms with Crippen molar-refractivity contribution in [3.05, 3.63) is 47.2 Å². The predicted molar refractivity (Wildman–Crippen MR) is 77.2 cm³/mol. The topological polar surface area (TPSA) is 57.4 Å². The number of ether oxygens (including phenoxy) is 2. The molecular formula is C16H18N2O2. The number of benzene rings is 1. The minimum atomic E-state index is 0.480. The molecule has 0 radical (unpaired) electrons. The van der Waals surface area contributed by atoms with Crippen molar-refractivity contribution in [1.82, 2.24) is 4.98 Å². The van der Waals surface area contributed by atoms with Crippen LogP contribution >= 0.6 is 0 Å². The van der Waals surface area contributed by atoms with Crippen molar-refractivity contribution in [3.63, 3.8) is 0 Å². The van der Waals surface area contributed by atoms with Gasteiger partial charge in [-0.25, -0.2) is 4.98 Å². The second-order valence-electron chi connectivity index (χ2n) is 4.90. The van der Waals surface area contributed by atoms with E-state index in [1.165, 1.54) is 12.0 Å². The standard InChI is InChI=1S/C16H18N2O2/c1-19-15-9-11(10-17)5-7-14(15)20-16-8-6-12-3-2-4-13(12)18-16/h5-9H,2-4,10,17H2,1H3. The van der Waals surface area contributed by atoms with Crippen molar-refractivity contribution in [2.24, 2.45) is 5.73 Å². The van der Waals surface area contributed by atoms with E-state index in [0.29, 0.717) is 23.9 Å². The highest BCUT2D eigenvalue weighted by atomic mass is 16.5. The quantitative estimate of drug-likeness (QED) is 0.928. The highest BCUT2D eigenvalue weighted by molar-refractivity contribution is 5.45. The number of aromatic nitrogens is 1. The molecule has 0 saturated carbocycles. The molecule has 0 amide bonds. The molecule has 0 unspecified atom stereocenters. The van der Waals surface area contributed by atoms with Crippen LogP contribution in [0.4, 0.5) is 0 Å². The number of rotatable bonds is 4. The maximum absolute atomic E-state index is 5.85. The fourth-order valence-corrected chi connectivity index (χ4v) is 2.49. The number of aryl methyl sites for hydroxylation is 2. The Bertz CT molecular complexity index is 626. The summed E-state index contributed by atoms with van der Waals surface area (Å²) in [6, 6.07) is 9.72. The number of methoxy groups -OCH3 is 1. The fraction of sp³-hybridized carbons (Fsp3) is 0.312. The zero-order chi connectivity index (χ0) is 13.9. The molecule has 1 aromatic heterocycles. The van der Waals surface area contributed by atoms with Crippen LogP contribution in [0.15, 0.2) is 30.3 Å². The lowest BCUT2D eigenvalue weighted by Crippen LogP contribution is -1.99. The van der Waals surface area contributed by atoms with Crippen molar-refractivity contribution < 1.29 is 9.47 Å². The molecule has 0 spiro atoms. The molecule has 0 bridgehead atoms. The van der Waals surface area contributed by atoms with Gasteiger partial charge in [-0.2, -0.15) is 0 Å². The van der Waals surface area contributed by atoms with Crippen LogP contribution in [0.1, 0.15) is 23.2 Å². The summed E-state index contributed by atoms with van der Waals surface area (Å²) in [6.07, 6.45) is 3.34. The first-order chi connectivity index (χ1) is 9.80. The van der Waals surface area contributed by atoms with Crippen LogP contribution in [-0.2, 0) is 19.4 Å². The smallest absolute Gasteiger partial charge is 0.219 e. The lowest BCUT2D eigenvalue weighted by Gasteiger charge is -2.11. The summed E-state index contributed by atoms with van der Waals surface area (Å²) in [5, 5.41) is 0. The molecule has 2 aromatic rings. The third kappa shape index (κ3) is 2.47. The molecule has 3 rings (SSSR count). The molecule has 20 heavy (non-hydrogen) atoms. The number of nitrogens with two attached hydrogens (primary N) is 1. The van der Waals surface area contributed by atoms with Crippen LogP contribution in [0, 0.1) is 0 Å². The molecular weight excluding hydrogens is 252 g/mol. The van der Waals surface area contributed by atoms with E-state index in [1.54, 1.807) is 7.11 Å². The van der Waals surface area contributed by atoms with Gasteiger partial charge in [0.15, 0.2) is 11.5 Å². The van der Waals surface area contributed by atoms with E-state index in [-0.39, 0.29) is 0 Å². The van der Waals surface area contributed by atoms with Crippen molar-refractivity contribution in [2.75, 3.05) is 7.11 Å². The first-order valence-corrected chi connectivity index (χ1v) is 6.84. The van der Waals surface area contributed by atoms with Crippen molar-refractivity contribution in [3.8, 4) is 17.4 Å². The van der Waals surface area contributed by atoms with Gasteiger partial charge in [0, 0.05) is 18.3 Å². The molecule has 0 atom stereocenters. The largest absolute Gasteiger partial charge is 0.493 e. The summed E-state index contributed by atoms with van der Waals surface area (Å²) in [7, 11) is 1.62. The van der Waals surface area contributed by atoms with Crippen molar-refractivity contribution >= 4 is 0 Å². The summed E-state index contributed by atoms with van der Waals surface area (Å²) in [5.74, 6) is 1.95. The summed E-state index contributed by atoms with van der Waals surface area (Å²) in [5.41, 5.74) is 9.13. The molecule has 1 heterocycles. The average Bonchev–Trinajstić information content (AvgIpc) is 2.95. The van der Waals surface area contributed by atoms with Crippen LogP contribution in [0.2, 0.25) is 0 Å². The molecule has 0 saturated heterocycles. The van der Waals surface area contributed by atoms with Crippen LogP contribution in [0.5, 0.6) is 17.4 Å². The predicted octanol–water partition coefficient (Wildman–Crippen LogP) is 2.83. The molecule has 0 fully saturated rings. The monoisotopic (exact) mass is 270 g/mol. The van der Waals surface area contributed by atoms with Gasteiger partial charge >= 0.3 is 0 Å². The molecule has 1 aliphatic carbocycles. The Morgan fingerprint density at radius 1 is 1.15 bits per heavy atom. The van der Waals surface area contributed by atoms with E-state index in [1.807, 2.05) is 24.3 Å². The number of hydrogen-bond acceptors (Lipinski definition) is 4. The van der Waals surface area contributed by atoms with Gasteiger partial charge in [0.25, 0.3) is 0 Å². The summed E-state index contributed by atoms with van der Waals surface area (Å²) >= 11 is 0. The third-order valence-corrected chi connectivity index (χ3v) is 3.58. The van der Waals surface area contributed by atoms with Crippen LogP contribution in [0.25, 0.3) is 0 Å². The maximum Gasteiger partial charge on any atom is 0.219 e.